The van der Waals surface area contributed by atoms with Crippen LogP contribution in [0.2, 0.25) is 0 Å². The number of anilines is 2. The smallest absolute Gasteiger partial charge is 0.148 e. The van der Waals surface area contributed by atoms with Gasteiger partial charge in [-0.1, -0.05) is 6.07 Å². The first kappa shape index (κ1) is 10.2. The molecule has 82 valence electrons. The fourth-order valence-electron chi connectivity index (χ4n) is 1.74. The molecule has 4 heteroatoms. The minimum Gasteiger partial charge on any atom is -0.397 e. The van der Waals surface area contributed by atoms with Crippen LogP contribution in [0.15, 0.2) is 18.2 Å². The molecule has 1 aromatic carbocycles. The number of halogens is 1. The van der Waals surface area contributed by atoms with Crippen LogP contribution in [-0.2, 0) is 4.74 Å². The molecule has 0 spiro atoms. The molecule has 1 aromatic rings. The molecule has 3 nitrogen and oxygen atoms in total. The Hall–Kier alpha value is -1.29. The molecule has 0 atom stereocenters. The average Bonchev–Trinajstić information content (AvgIpc) is 2.25. The molecule has 0 aliphatic carbocycles. The summed E-state index contributed by atoms with van der Waals surface area (Å²) < 4.78 is 18.7. The summed E-state index contributed by atoms with van der Waals surface area (Å²) >= 11 is 0. The quantitative estimate of drug-likeness (QED) is 0.734. The van der Waals surface area contributed by atoms with Crippen molar-refractivity contribution in [3.8, 4) is 0 Å². The lowest BCUT2D eigenvalue weighted by Gasteiger charge is -2.24. The predicted molar refractivity (Wildman–Crippen MR) is 58.3 cm³/mol. The van der Waals surface area contributed by atoms with E-state index in [1.54, 1.807) is 12.1 Å². The number of nitrogens with two attached hydrogens (primary N) is 1. The molecule has 0 aromatic heterocycles. The van der Waals surface area contributed by atoms with Gasteiger partial charge in [-0.3, -0.25) is 0 Å². The summed E-state index contributed by atoms with van der Waals surface area (Å²) in [4.78, 5) is 0. The van der Waals surface area contributed by atoms with E-state index in [2.05, 4.69) is 5.32 Å². The zero-order valence-corrected chi connectivity index (χ0v) is 8.50. The standard InChI is InChI=1S/C11H15FN2O/c12-9-2-1-3-10(13)11(9)14-8-4-6-15-7-5-8/h1-3,8,14H,4-7,13H2. The molecule has 0 unspecified atom stereocenters. The number of hydrogen-bond donors (Lipinski definition) is 2. The van der Waals surface area contributed by atoms with E-state index < -0.39 is 0 Å². The Bertz CT molecular complexity index is 317. The highest BCUT2D eigenvalue weighted by Crippen LogP contribution is 2.24. The maximum Gasteiger partial charge on any atom is 0.148 e. The number of para-hydroxylation sites is 1. The number of hydrogen-bond acceptors (Lipinski definition) is 3. The fourth-order valence-corrected chi connectivity index (χ4v) is 1.74. The number of nitrogen functional groups attached to an aromatic ring is 1. The van der Waals surface area contributed by atoms with Gasteiger partial charge < -0.3 is 15.8 Å². The summed E-state index contributed by atoms with van der Waals surface area (Å²) in [6, 6.07) is 4.99. The maximum atomic E-state index is 13.4. The van der Waals surface area contributed by atoms with Gasteiger partial charge in [0.25, 0.3) is 0 Å². The monoisotopic (exact) mass is 210 g/mol. The molecule has 15 heavy (non-hydrogen) atoms. The zero-order valence-electron chi connectivity index (χ0n) is 8.50. The molecule has 0 saturated carbocycles. The van der Waals surface area contributed by atoms with Gasteiger partial charge in [-0.05, 0) is 25.0 Å². The van der Waals surface area contributed by atoms with E-state index in [0.717, 1.165) is 26.1 Å². The fraction of sp³-hybridized carbons (Fsp3) is 0.455. The van der Waals surface area contributed by atoms with E-state index in [4.69, 9.17) is 10.5 Å². The van der Waals surface area contributed by atoms with Crippen LogP contribution in [0.25, 0.3) is 0 Å². The molecule has 3 N–H and O–H groups in total. The molecule has 0 bridgehead atoms. The van der Waals surface area contributed by atoms with Gasteiger partial charge in [0.1, 0.15) is 5.82 Å². The van der Waals surface area contributed by atoms with Crippen LogP contribution in [0.4, 0.5) is 15.8 Å². The van der Waals surface area contributed by atoms with Crippen LogP contribution >= 0.6 is 0 Å². The zero-order chi connectivity index (χ0) is 10.7. The Morgan fingerprint density at radius 2 is 2.07 bits per heavy atom. The number of rotatable bonds is 2. The largest absolute Gasteiger partial charge is 0.397 e. The molecule has 1 aliphatic heterocycles. The predicted octanol–water partition coefficient (Wildman–Crippen LogP) is 2.00. The van der Waals surface area contributed by atoms with Crippen molar-refractivity contribution in [2.24, 2.45) is 0 Å². The van der Waals surface area contributed by atoms with Gasteiger partial charge in [0.05, 0.1) is 11.4 Å². The van der Waals surface area contributed by atoms with Crippen LogP contribution in [0.3, 0.4) is 0 Å². The lowest BCUT2D eigenvalue weighted by molar-refractivity contribution is 0.0904. The Labute approximate surface area is 88.4 Å². The maximum absolute atomic E-state index is 13.4. The van der Waals surface area contributed by atoms with E-state index in [1.807, 2.05) is 0 Å². The lowest BCUT2D eigenvalue weighted by Crippen LogP contribution is -2.28. The summed E-state index contributed by atoms with van der Waals surface area (Å²) in [5.41, 5.74) is 6.59. The highest BCUT2D eigenvalue weighted by atomic mass is 19.1. The summed E-state index contributed by atoms with van der Waals surface area (Å²) in [5, 5.41) is 3.14. The highest BCUT2D eigenvalue weighted by molar-refractivity contribution is 5.66. The SMILES string of the molecule is Nc1cccc(F)c1NC1CCOCC1. The topological polar surface area (TPSA) is 47.3 Å². The summed E-state index contributed by atoms with van der Waals surface area (Å²) in [5.74, 6) is -0.290. The molecule has 1 heterocycles. The van der Waals surface area contributed by atoms with Crippen LogP contribution in [0.1, 0.15) is 12.8 Å². The molecular weight excluding hydrogens is 195 g/mol. The highest BCUT2D eigenvalue weighted by Gasteiger charge is 2.16. The van der Waals surface area contributed by atoms with E-state index in [9.17, 15) is 4.39 Å². The van der Waals surface area contributed by atoms with Gasteiger partial charge in [-0.25, -0.2) is 4.39 Å². The Kier molecular flexibility index (Phi) is 3.06. The van der Waals surface area contributed by atoms with Crippen molar-refractivity contribution in [1.82, 2.24) is 0 Å². The minimum atomic E-state index is -0.290. The van der Waals surface area contributed by atoms with Crippen LogP contribution < -0.4 is 11.1 Å². The number of ether oxygens (including phenoxy) is 1. The molecule has 1 saturated heterocycles. The van der Waals surface area contributed by atoms with Crippen LogP contribution in [-0.4, -0.2) is 19.3 Å². The summed E-state index contributed by atoms with van der Waals surface area (Å²) in [6.45, 7) is 1.46. The first-order valence-electron chi connectivity index (χ1n) is 5.15. The third-order valence-electron chi connectivity index (χ3n) is 2.62. The van der Waals surface area contributed by atoms with Crippen molar-refractivity contribution in [2.75, 3.05) is 24.3 Å². The molecule has 0 amide bonds. The first-order chi connectivity index (χ1) is 7.27. The van der Waals surface area contributed by atoms with Crippen molar-refractivity contribution < 1.29 is 9.13 Å². The molecule has 0 radical (unpaired) electrons. The number of nitrogens with one attached hydrogen (secondary N) is 1. The van der Waals surface area contributed by atoms with Crippen molar-refractivity contribution in [1.29, 1.82) is 0 Å². The number of benzene rings is 1. The van der Waals surface area contributed by atoms with Crippen molar-refractivity contribution in [3.63, 3.8) is 0 Å². The summed E-state index contributed by atoms with van der Waals surface area (Å²) in [6.07, 6.45) is 1.79. The lowest BCUT2D eigenvalue weighted by atomic mass is 10.1. The van der Waals surface area contributed by atoms with Gasteiger partial charge in [-0.2, -0.15) is 0 Å². The van der Waals surface area contributed by atoms with E-state index in [1.165, 1.54) is 6.07 Å². The van der Waals surface area contributed by atoms with Crippen LogP contribution in [0, 0.1) is 5.82 Å². The third kappa shape index (κ3) is 2.39. The molecule has 1 fully saturated rings. The second-order valence-electron chi connectivity index (χ2n) is 3.74. The van der Waals surface area contributed by atoms with Crippen molar-refractivity contribution in [3.05, 3.63) is 24.0 Å². The molecule has 1 aliphatic rings. The van der Waals surface area contributed by atoms with E-state index in [-0.39, 0.29) is 11.9 Å². The van der Waals surface area contributed by atoms with Crippen molar-refractivity contribution in [2.45, 2.75) is 18.9 Å². The Morgan fingerprint density at radius 3 is 2.73 bits per heavy atom. The first-order valence-corrected chi connectivity index (χ1v) is 5.15. The van der Waals surface area contributed by atoms with Gasteiger partial charge in [0.15, 0.2) is 0 Å². The van der Waals surface area contributed by atoms with E-state index in [0.29, 0.717) is 11.4 Å². The van der Waals surface area contributed by atoms with Crippen molar-refractivity contribution >= 4 is 11.4 Å². The van der Waals surface area contributed by atoms with Crippen LogP contribution in [0.5, 0.6) is 0 Å². The average molecular weight is 210 g/mol. The second kappa shape index (κ2) is 4.49. The normalized spacial score (nSPS) is 17.7. The Balaban J connectivity index is 2.09. The van der Waals surface area contributed by atoms with Gasteiger partial charge >= 0.3 is 0 Å². The summed E-state index contributed by atoms with van der Waals surface area (Å²) in [7, 11) is 0. The third-order valence-corrected chi connectivity index (χ3v) is 2.62. The second-order valence-corrected chi connectivity index (χ2v) is 3.74. The van der Waals surface area contributed by atoms with E-state index >= 15 is 0 Å². The van der Waals surface area contributed by atoms with Gasteiger partial charge in [-0.15, -0.1) is 0 Å². The molecule has 2 rings (SSSR count). The molecular formula is C11H15FN2O. The van der Waals surface area contributed by atoms with Gasteiger partial charge in [0.2, 0.25) is 0 Å². The Morgan fingerprint density at radius 1 is 1.33 bits per heavy atom. The van der Waals surface area contributed by atoms with Gasteiger partial charge in [0, 0.05) is 19.3 Å². The minimum absolute atomic E-state index is 0.262.